The number of nitrogens with one attached hydrogen (secondary N) is 1. The van der Waals surface area contributed by atoms with Gasteiger partial charge in [0.1, 0.15) is 11.6 Å². The fourth-order valence-corrected chi connectivity index (χ4v) is 3.55. The first kappa shape index (κ1) is 16.3. The Morgan fingerprint density at radius 3 is 2.52 bits per heavy atom. The third-order valence-corrected chi connectivity index (χ3v) is 4.65. The van der Waals surface area contributed by atoms with E-state index in [0.29, 0.717) is 25.5 Å². The summed E-state index contributed by atoms with van der Waals surface area (Å²) < 4.78 is 5.13. The van der Waals surface area contributed by atoms with Gasteiger partial charge in [-0.2, -0.15) is 0 Å². The second kappa shape index (κ2) is 6.77. The predicted octanol–water partition coefficient (Wildman–Crippen LogP) is 1.71. The highest BCUT2D eigenvalue weighted by atomic mass is 16.5. The van der Waals surface area contributed by atoms with Crippen molar-refractivity contribution in [2.45, 2.75) is 64.0 Å². The largest absolute Gasteiger partial charge is 0.383 e. The Hall–Kier alpha value is -1.10. The molecule has 1 aliphatic carbocycles. The van der Waals surface area contributed by atoms with Crippen molar-refractivity contribution in [1.82, 2.24) is 10.2 Å². The number of methoxy groups -OCH3 is 1. The van der Waals surface area contributed by atoms with E-state index in [1.165, 1.54) is 0 Å². The van der Waals surface area contributed by atoms with Gasteiger partial charge in [0.15, 0.2) is 0 Å². The Bertz CT molecular complexity index is 389. The van der Waals surface area contributed by atoms with Gasteiger partial charge in [-0.3, -0.25) is 9.59 Å². The van der Waals surface area contributed by atoms with Gasteiger partial charge >= 0.3 is 0 Å². The normalized spacial score (nSPS) is 25.5. The molecule has 2 amide bonds. The Morgan fingerprint density at radius 1 is 1.29 bits per heavy atom. The third kappa shape index (κ3) is 3.39. The quantitative estimate of drug-likeness (QED) is 0.840. The summed E-state index contributed by atoms with van der Waals surface area (Å²) in [7, 11) is 1.63. The standard InChI is InChI=1S/C16H28N2O3/c1-12(2)11-13-14(19)17-16(7-5-4-6-8-16)15(20)18(13)9-10-21-3/h12-13H,4-11H2,1-3H3,(H,17,19). The number of ether oxygens (including phenoxy) is 1. The van der Waals surface area contributed by atoms with E-state index in [9.17, 15) is 9.59 Å². The molecule has 1 spiro atoms. The van der Waals surface area contributed by atoms with Crippen LogP contribution in [0.3, 0.4) is 0 Å². The van der Waals surface area contributed by atoms with Crippen molar-refractivity contribution in [2.75, 3.05) is 20.3 Å². The first-order valence-electron chi connectivity index (χ1n) is 8.12. The molecule has 0 aromatic heterocycles. The van der Waals surface area contributed by atoms with Gasteiger partial charge in [-0.1, -0.05) is 33.1 Å². The molecule has 2 fully saturated rings. The van der Waals surface area contributed by atoms with Crippen LogP contribution in [0.1, 0.15) is 52.4 Å². The molecule has 2 aliphatic rings. The van der Waals surface area contributed by atoms with Crippen LogP contribution in [0, 0.1) is 5.92 Å². The second-order valence-electron chi connectivity index (χ2n) is 6.77. The third-order valence-electron chi connectivity index (χ3n) is 4.65. The summed E-state index contributed by atoms with van der Waals surface area (Å²) in [6, 6.07) is -0.347. The zero-order chi connectivity index (χ0) is 15.5. The highest BCUT2D eigenvalue weighted by Crippen LogP contribution is 2.34. The topological polar surface area (TPSA) is 58.6 Å². The zero-order valence-electron chi connectivity index (χ0n) is 13.5. The Balaban J connectivity index is 2.21. The molecule has 1 N–H and O–H groups in total. The number of piperazine rings is 1. The molecule has 2 rings (SSSR count). The summed E-state index contributed by atoms with van der Waals surface area (Å²) in [4.78, 5) is 27.3. The highest BCUT2D eigenvalue weighted by molar-refractivity contribution is 5.99. The average Bonchev–Trinajstić information content (AvgIpc) is 2.45. The lowest BCUT2D eigenvalue weighted by Gasteiger charge is -2.48. The van der Waals surface area contributed by atoms with E-state index in [-0.39, 0.29) is 17.9 Å². The van der Waals surface area contributed by atoms with E-state index in [2.05, 4.69) is 19.2 Å². The Labute approximate surface area is 127 Å². The van der Waals surface area contributed by atoms with Crippen LogP contribution in [0.25, 0.3) is 0 Å². The fourth-order valence-electron chi connectivity index (χ4n) is 3.55. The number of carbonyl (C=O) groups is 2. The first-order valence-corrected chi connectivity index (χ1v) is 8.12. The van der Waals surface area contributed by atoms with E-state index in [4.69, 9.17) is 4.74 Å². The Kier molecular flexibility index (Phi) is 5.25. The summed E-state index contributed by atoms with van der Waals surface area (Å²) in [6.07, 6.45) is 5.43. The summed E-state index contributed by atoms with van der Waals surface area (Å²) in [5.74, 6) is 0.491. The van der Waals surface area contributed by atoms with Crippen LogP contribution in [0.2, 0.25) is 0 Å². The predicted molar refractivity (Wildman–Crippen MR) is 80.8 cm³/mol. The van der Waals surface area contributed by atoms with Crippen LogP contribution >= 0.6 is 0 Å². The maximum Gasteiger partial charge on any atom is 0.249 e. The zero-order valence-corrected chi connectivity index (χ0v) is 13.5. The molecule has 0 aromatic rings. The number of carbonyl (C=O) groups excluding carboxylic acids is 2. The van der Waals surface area contributed by atoms with Gasteiger partial charge < -0.3 is 15.0 Å². The van der Waals surface area contributed by atoms with Crippen molar-refractivity contribution in [1.29, 1.82) is 0 Å². The van der Waals surface area contributed by atoms with Gasteiger partial charge in [0.05, 0.1) is 6.61 Å². The molecule has 120 valence electrons. The van der Waals surface area contributed by atoms with E-state index in [1.54, 1.807) is 12.0 Å². The molecule has 1 saturated heterocycles. The molecular weight excluding hydrogens is 268 g/mol. The monoisotopic (exact) mass is 296 g/mol. The minimum absolute atomic E-state index is 0.0151. The molecule has 5 heteroatoms. The van der Waals surface area contributed by atoms with Crippen molar-refractivity contribution in [3.8, 4) is 0 Å². The second-order valence-corrected chi connectivity index (χ2v) is 6.77. The summed E-state index contributed by atoms with van der Waals surface area (Å²) in [5, 5.41) is 3.07. The van der Waals surface area contributed by atoms with Crippen molar-refractivity contribution in [3.63, 3.8) is 0 Å². The van der Waals surface area contributed by atoms with Crippen LogP contribution in [0.4, 0.5) is 0 Å². The van der Waals surface area contributed by atoms with Gasteiger partial charge in [-0.25, -0.2) is 0 Å². The van der Waals surface area contributed by atoms with E-state index >= 15 is 0 Å². The molecule has 0 radical (unpaired) electrons. The van der Waals surface area contributed by atoms with Crippen LogP contribution in [-0.4, -0.2) is 48.6 Å². The van der Waals surface area contributed by atoms with E-state index < -0.39 is 5.54 Å². The molecule has 5 nitrogen and oxygen atoms in total. The summed E-state index contributed by atoms with van der Waals surface area (Å²) >= 11 is 0. The van der Waals surface area contributed by atoms with Gasteiger partial charge in [0, 0.05) is 13.7 Å². The molecule has 0 aromatic carbocycles. The number of amides is 2. The smallest absolute Gasteiger partial charge is 0.249 e. The number of hydrogen-bond donors (Lipinski definition) is 1. The molecule has 0 bridgehead atoms. The van der Waals surface area contributed by atoms with E-state index in [0.717, 1.165) is 32.1 Å². The van der Waals surface area contributed by atoms with Crippen LogP contribution < -0.4 is 5.32 Å². The molecule has 1 saturated carbocycles. The molecule has 1 aliphatic heterocycles. The van der Waals surface area contributed by atoms with Crippen LogP contribution in [-0.2, 0) is 14.3 Å². The molecule has 1 heterocycles. The molecule has 21 heavy (non-hydrogen) atoms. The van der Waals surface area contributed by atoms with Crippen LogP contribution in [0.5, 0.6) is 0 Å². The lowest BCUT2D eigenvalue weighted by Crippen LogP contribution is -2.71. The average molecular weight is 296 g/mol. The van der Waals surface area contributed by atoms with Gasteiger partial charge in [-0.05, 0) is 25.2 Å². The minimum Gasteiger partial charge on any atom is -0.383 e. The van der Waals surface area contributed by atoms with Crippen molar-refractivity contribution in [3.05, 3.63) is 0 Å². The van der Waals surface area contributed by atoms with Gasteiger partial charge in [-0.15, -0.1) is 0 Å². The van der Waals surface area contributed by atoms with E-state index in [1.807, 2.05) is 0 Å². The summed E-state index contributed by atoms with van der Waals surface area (Å²) in [6.45, 7) is 5.14. The first-order chi connectivity index (χ1) is 10.00. The molecular formula is C16H28N2O3. The SMILES string of the molecule is COCCN1C(=O)C2(CCCCC2)NC(=O)C1CC(C)C. The molecule has 1 unspecified atom stereocenters. The fraction of sp³-hybridized carbons (Fsp3) is 0.875. The maximum absolute atomic E-state index is 13.0. The Morgan fingerprint density at radius 2 is 1.95 bits per heavy atom. The lowest BCUT2D eigenvalue weighted by atomic mass is 9.78. The highest BCUT2D eigenvalue weighted by Gasteiger charge is 2.50. The lowest BCUT2D eigenvalue weighted by molar-refractivity contribution is -0.158. The number of rotatable bonds is 5. The number of hydrogen-bond acceptors (Lipinski definition) is 3. The summed E-state index contributed by atoms with van der Waals surface area (Å²) in [5.41, 5.74) is -0.642. The maximum atomic E-state index is 13.0. The van der Waals surface area contributed by atoms with Crippen molar-refractivity contribution < 1.29 is 14.3 Å². The number of nitrogens with zero attached hydrogens (tertiary/aromatic N) is 1. The van der Waals surface area contributed by atoms with Gasteiger partial charge in [0.25, 0.3) is 0 Å². The minimum atomic E-state index is -0.642. The van der Waals surface area contributed by atoms with Gasteiger partial charge in [0.2, 0.25) is 11.8 Å². The van der Waals surface area contributed by atoms with Crippen molar-refractivity contribution in [2.24, 2.45) is 5.92 Å². The van der Waals surface area contributed by atoms with Crippen molar-refractivity contribution >= 4 is 11.8 Å². The van der Waals surface area contributed by atoms with Crippen LogP contribution in [0.15, 0.2) is 0 Å². The molecule has 1 atom stereocenters.